The maximum absolute atomic E-state index is 11.2. The maximum atomic E-state index is 11.2. The lowest BCUT2D eigenvalue weighted by Crippen LogP contribution is -2.08. The third kappa shape index (κ3) is 1.63. The Kier molecular flexibility index (Phi) is 2.42. The zero-order valence-electron chi connectivity index (χ0n) is 10.5. The van der Waals surface area contributed by atoms with Gasteiger partial charge in [0.15, 0.2) is 0 Å². The molecule has 0 bridgehead atoms. The Bertz CT molecular complexity index is 762. The van der Waals surface area contributed by atoms with E-state index in [-0.39, 0.29) is 5.92 Å². The van der Waals surface area contributed by atoms with Crippen LogP contribution in [-0.2, 0) is 11.2 Å². The number of nitrogens with one attached hydrogen (secondary N) is 1. The molecule has 1 amide bonds. The molecule has 0 spiro atoms. The van der Waals surface area contributed by atoms with Crippen LogP contribution >= 0.6 is 0 Å². The van der Waals surface area contributed by atoms with Gasteiger partial charge in [0.25, 0.3) is 0 Å². The number of hydrogen-bond donors (Lipinski definition) is 2. The molecule has 19 heavy (non-hydrogen) atoms. The van der Waals surface area contributed by atoms with Crippen LogP contribution in [0.25, 0.3) is 16.5 Å². The van der Waals surface area contributed by atoms with E-state index in [4.69, 9.17) is 5.73 Å². The van der Waals surface area contributed by atoms with Gasteiger partial charge in [0.2, 0.25) is 5.91 Å². The predicted molar refractivity (Wildman–Crippen MR) is 73.0 cm³/mol. The van der Waals surface area contributed by atoms with Gasteiger partial charge >= 0.3 is 0 Å². The number of nitriles is 1. The van der Waals surface area contributed by atoms with Crippen molar-refractivity contribution < 1.29 is 4.79 Å². The highest BCUT2D eigenvalue weighted by molar-refractivity contribution is 6.04. The number of aryl methyl sites for hydroxylation is 1. The molecule has 0 fully saturated rings. The molecular formula is C15H13N3O. The number of primary amides is 1. The van der Waals surface area contributed by atoms with Crippen molar-refractivity contribution in [3.05, 3.63) is 41.1 Å². The van der Waals surface area contributed by atoms with Crippen molar-refractivity contribution in [2.75, 3.05) is 0 Å². The highest BCUT2D eigenvalue weighted by Crippen LogP contribution is 2.41. The van der Waals surface area contributed by atoms with Gasteiger partial charge in [-0.25, -0.2) is 0 Å². The average molecular weight is 251 g/mol. The molecule has 3 N–H and O–H groups in total. The Morgan fingerprint density at radius 3 is 3.05 bits per heavy atom. The van der Waals surface area contributed by atoms with E-state index in [1.165, 1.54) is 6.08 Å². The normalized spacial score (nSPS) is 19.6. The molecule has 0 radical (unpaired) electrons. The molecule has 4 nitrogen and oxygen atoms in total. The first kappa shape index (κ1) is 11.5. The number of nitrogens with zero attached hydrogens (tertiary/aromatic N) is 1. The number of allylic oxidation sites excluding steroid dienone is 1. The molecule has 1 atom stereocenters. The molecule has 3 rings (SSSR count). The van der Waals surface area contributed by atoms with Crippen molar-refractivity contribution >= 4 is 22.4 Å². The summed E-state index contributed by atoms with van der Waals surface area (Å²) in [6.07, 6.45) is 1.99. The van der Waals surface area contributed by atoms with Gasteiger partial charge in [0.05, 0.1) is 12.0 Å². The van der Waals surface area contributed by atoms with Crippen LogP contribution in [0.4, 0.5) is 0 Å². The lowest BCUT2D eigenvalue weighted by molar-refractivity contribution is -0.113. The van der Waals surface area contributed by atoms with Gasteiger partial charge in [0, 0.05) is 34.7 Å². The van der Waals surface area contributed by atoms with Gasteiger partial charge in [-0.05, 0) is 18.1 Å². The number of benzene rings is 1. The number of hydrogen-bond acceptors (Lipinski definition) is 2. The summed E-state index contributed by atoms with van der Waals surface area (Å²) >= 11 is 0. The SMILES string of the molecule is Cc1cccc2c3c([nH]c12)CC(C#N)/C3=C\C(N)=O. The van der Waals surface area contributed by atoms with Crippen LogP contribution in [0.1, 0.15) is 16.8 Å². The van der Waals surface area contributed by atoms with Crippen molar-refractivity contribution in [3.8, 4) is 6.07 Å². The van der Waals surface area contributed by atoms with Crippen LogP contribution in [0.2, 0.25) is 0 Å². The number of fused-ring (bicyclic) bond motifs is 3. The Hall–Kier alpha value is -2.54. The summed E-state index contributed by atoms with van der Waals surface area (Å²) in [5.41, 5.74) is 10.2. The fourth-order valence-electron chi connectivity index (χ4n) is 2.83. The molecule has 1 heterocycles. The van der Waals surface area contributed by atoms with Gasteiger partial charge in [-0.2, -0.15) is 5.26 Å². The highest BCUT2D eigenvalue weighted by atomic mass is 16.1. The number of aromatic amines is 1. The number of carbonyl (C=O) groups excluding carboxylic acids is 1. The van der Waals surface area contributed by atoms with Crippen LogP contribution in [0.5, 0.6) is 0 Å². The smallest absolute Gasteiger partial charge is 0.241 e. The summed E-state index contributed by atoms with van der Waals surface area (Å²) in [6, 6.07) is 8.26. The fraction of sp³-hybridized carbons (Fsp3) is 0.200. The quantitative estimate of drug-likeness (QED) is 0.760. The largest absolute Gasteiger partial charge is 0.366 e. The standard InChI is InChI=1S/C15H13N3O/c1-8-3-2-4-10-14-11(6-13(17)19)9(7-16)5-12(14)18-15(8)10/h2-4,6,9,18H,5H2,1H3,(H2,17,19)/b11-6+. The van der Waals surface area contributed by atoms with Gasteiger partial charge in [-0.15, -0.1) is 0 Å². The maximum Gasteiger partial charge on any atom is 0.241 e. The molecule has 1 aliphatic carbocycles. The number of aromatic nitrogens is 1. The number of rotatable bonds is 1. The minimum absolute atomic E-state index is 0.293. The van der Waals surface area contributed by atoms with Gasteiger partial charge in [0.1, 0.15) is 0 Å². The Morgan fingerprint density at radius 1 is 1.58 bits per heavy atom. The highest BCUT2D eigenvalue weighted by Gasteiger charge is 2.31. The van der Waals surface area contributed by atoms with Crippen LogP contribution < -0.4 is 5.73 Å². The third-order valence-electron chi connectivity index (χ3n) is 3.65. The van der Waals surface area contributed by atoms with E-state index in [1.807, 2.05) is 25.1 Å². The van der Waals surface area contributed by atoms with E-state index in [9.17, 15) is 10.1 Å². The molecule has 0 saturated carbocycles. The first-order chi connectivity index (χ1) is 9.11. The number of nitrogens with two attached hydrogens (primary N) is 1. The molecule has 0 saturated heterocycles. The summed E-state index contributed by atoms with van der Waals surface area (Å²) in [5, 5.41) is 10.3. The molecule has 1 aromatic heterocycles. The Balaban J connectivity index is 2.31. The molecule has 1 unspecified atom stereocenters. The average Bonchev–Trinajstić information content (AvgIpc) is 2.87. The molecule has 1 aromatic carbocycles. The van der Waals surface area contributed by atoms with Gasteiger partial charge in [-0.1, -0.05) is 18.2 Å². The van der Waals surface area contributed by atoms with Crippen molar-refractivity contribution in [1.82, 2.24) is 4.98 Å². The number of carbonyl (C=O) groups is 1. The fourth-order valence-corrected chi connectivity index (χ4v) is 2.83. The number of para-hydroxylation sites is 1. The van der Waals surface area contributed by atoms with E-state index < -0.39 is 5.91 Å². The van der Waals surface area contributed by atoms with Crippen LogP contribution in [0, 0.1) is 24.2 Å². The van der Waals surface area contributed by atoms with Crippen molar-refractivity contribution in [1.29, 1.82) is 5.26 Å². The first-order valence-corrected chi connectivity index (χ1v) is 6.13. The molecule has 2 aromatic rings. The molecular weight excluding hydrogens is 238 g/mol. The van der Waals surface area contributed by atoms with E-state index in [0.29, 0.717) is 6.42 Å². The van der Waals surface area contributed by atoms with Gasteiger partial charge in [-0.3, -0.25) is 4.79 Å². The topological polar surface area (TPSA) is 82.7 Å². The predicted octanol–water partition coefficient (Wildman–Crippen LogP) is 2.04. The van der Waals surface area contributed by atoms with Crippen molar-refractivity contribution in [2.45, 2.75) is 13.3 Å². The minimum Gasteiger partial charge on any atom is -0.366 e. The van der Waals surface area contributed by atoms with Gasteiger partial charge < -0.3 is 10.7 Å². The Labute approximate surface area is 110 Å². The summed E-state index contributed by atoms with van der Waals surface area (Å²) in [5.74, 6) is -0.802. The van der Waals surface area contributed by atoms with E-state index >= 15 is 0 Å². The zero-order valence-corrected chi connectivity index (χ0v) is 10.5. The molecule has 4 heteroatoms. The van der Waals surface area contributed by atoms with Crippen LogP contribution in [-0.4, -0.2) is 10.9 Å². The third-order valence-corrected chi connectivity index (χ3v) is 3.65. The lowest BCUT2D eigenvalue weighted by Gasteiger charge is -2.04. The molecule has 94 valence electrons. The molecule has 1 aliphatic rings. The van der Waals surface area contributed by atoms with E-state index in [2.05, 4.69) is 11.1 Å². The Morgan fingerprint density at radius 2 is 2.37 bits per heavy atom. The second-order valence-electron chi connectivity index (χ2n) is 4.86. The number of H-pyrrole nitrogens is 1. The monoisotopic (exact) mass is 251 g/mol. The summed E-state index contributed by atoms with van der Waals surface area (Å²) in [6.45, 7) is 2.03. The van der Waals surface area contributed by atoms with Crippen LogP contribution in [0.3, 0.4) is 0 Å². The van der Waals surface area contributed by atoms with Crippen LogP contribution in [0.15, 0.2) is 24.3 Å². The van der Waals surface area contributed by atoms with Crippen molar-refractivity contribution in [2.24, 2.45) is 11.7 Å². The lowest BCUT2D eigenvalue weighted by atomic mass is 9.98. The van der Waals surface area contributed by atoms with Crippen molar-refractivity contribution in [3.63, 3.8) is 0 Å². The summed E-state index contributed by atoms with van der Waals surface area (Å²) < 4.78 is 0. The summed E-state index contributed by atoms with van der Waals surface area (Å²) in [7, 11) is 0. The second kappa shape index (κ2) is 3.99. The molecule has 0 aliphatic heterocycles. The van der Waals surface area contributed by atoms with E-state index in [0.717, 1.165) is 33.3 Å². The zero-order chi connectivity index (χ0) is 13.6. The summed E-state index contributed by atoms with van der Waals surface area (Å²) in [4.78, 5) is 14.5. The minimum atomic E-state index is -0.509. The first-order valence-electron chi connectivity index (χ1n) is 6.13. The van der Waals surface area contributed by atoms with E-state index in [1.54, 1.807) is 0 Å². The number of amides is 1. The second-order valence-corrected chi connectivity index (χ2v) is 4.86.